The van der Waals surface area contributed by atoms with Crippen LogP contribution in [-0.2, 0) is 0 Å². The average molecular weight is 235 g/mol. The summed E-state index contributed by atoms with van der Waals surface area (Å²) in [6.07, 6.45) is -2.36. The van der Waals surface area contributed by atoms with Crippen LogP contribution in [0.5, 0.6) is 5.75 Å². The first-order chi connectivity index (χ1) is 7.31. The zero-order chi connectivity index (χ0) is 12.3. The smallest absolute Gasteiger partial charge is 0.422 e. The number of alkyl halides is 3. The number of carboxylic acid groups (broad SMARTS) is 1. The van der Waals surface area contributed by atoms with Gasteiger partial charge in [0.1, 0.15) is 5.75 Å². The number of carboxylic acids is 1. The molecule has 0 radical (unpaired) electrons. The van der Waals surface area contributed by atoms with Crippen LogP contribution in [0.3, 0.4) is 0 Å². The van der Waals surface area contributed by atoms with Crippen molar-refractivity contribution >= 4 is 5.97 Å². The lowest BCUT2D eigenvalue weighted by Crippen LogP contribution is -2.20. The first-order valence-corrected chi connectivity index (χ1v) is 4.18. The molecule has 1 heterocycles. The van der Waals surface area contributed by atoms with E-state index in [1.807, 2.05) is 0 Å². The highest BCUT2D eigenvalue weighted by molar-refractivity contribution is 5.89. The van der Waals surface area contributed by atoms with Crippen molar-refractivity contribution in [3.05, 3.63) is 23.5 Å². The Labute approximate surface area is 88.7 Å². The normalized spacial score (nSPS) is 11.2. The molecule has 16 heavy (non-hydrogen) atoms. The van der Waals surface area contributed by atoms with E-state index in [0.29, 0.717) is 0 Å². The maximum atomic E-state index is 11.9. The minimum absolute atomic E-state index is 0.117. The predicted octanol–water partition coefficient (Wildman–Crippen LogP) is 2.03. The zero-order valence-electron chi connectivity index (χ0n) is 8.21. The van der Waals surface area contributed by atoms with Crippen molar-refractivity contribution in [2.24, 2.45) is 0 Å². The summed E-state index contributed by atoms with van der Waals surface area (Å²) in [5.74, 6) is -1.44. The minimum atomic E-state index is -4.47. The lowest BCUT2D eigenvalue weighted by molar-refractivity contribution is -0.153. The number of ether oxygens (including phenoxy) is 1. The highest BCUT2D eigenvalue weighted by Crippen LogP contribution is 2.23. The van der Waals surface area contributed by atoms with Gasteiger partial charge in [-0.1, -0.05) is 0 Å². The molecule has 0 aromatic carbocycles. The molecule has 7 heteroatoms. The molecule has 0 aliphatic rings. The SMILES string of the molecule is Cc1c(OCC(F)(F)F)cncc1C(=O)O. The monoisotopic (exact) mass is 235 g/mol. The highest BCUT2D eigenvalue weighted by atomic mass is 19.4. The van der Waals surface area contributed by atoms with Gasteiger partial charge >= 0.3 is 12.1 Å². The van der Waals surface area contributed by atoms with Crippen LogP contribution in [0.4, 0.5) is 13.2 Å². The first kappa shape index (κ1) is 12.3. The second-order valence-corrected chi connectivity index (χ2v) is 3.02. The van der Waals surface area contributed by atoms with Gasteiger partial charge < -0.3 is 9.84 Å². The lowest BCUT2D eigenvalue weighted by Gasteiger charge is -2.11. The topological polar surface area (TPSA) is 59.4 Å². The molecule has 0 spiro atoms. The number of hydrogen-bond donors (Lipinski definition) is 1. The third-order valence-corrected chi connectivity index (χ3v) is 1.79. The maximum Gasteiger partial charge on any atom is 0.422 e. The van der Waals surface area contributed by atoms with Gasteiger partial charge in [-0.15, -0.1) is 0 Å². The summed E-state index contributed by atoms with van der Waals surface area (Å²) >= 11 is 0. The molecule has 0 amide bonds. The number of carbonyl (C=O) groups is 1. The van der Waals surface area contributed by atoms with Crippen molar-refractivity contribution in [1.82, 2.24) is 4.98 Å². The molecule has 0 aliphatic carbocycles. The van der Waals surface area contributed by atoms with Crippen molar-refractivity contribution in [1.29, 1.82) is 0 Å². The number of hydrogen-bond acceptors (Lipinski definition) is 3. The van der Waals surface area contributed by atoms with E-state index >= 15 is 0 Å². The van der Waals surface area contributed by atoms with Crippen LogP contribution >= 0.6 is 0 Å². The minimum Gasteiger partial charge on any atom is -0.482 e. The number of halogens is 3. The van der Waals surface area contributed by atoms with Crippen LogP contribution in [0.1, 0.15) is 15.9 Å². The summed E-state index contributed by atoms with van der Waals surface area (Å²) in [6, 6.07) is 0. The fourth-order valence-corrected chi connectivity index (χ4v) is 1.03. The Bertz CT molecular complexity index is 403. The first-order valence-electron chi connectivity index (χ1n) is 4.18. The van der Waals surface area contributed by atoms with Crippen LogP contribution in [0.25, 0.3) is 0 Å². The van der Waals surface area contributed by atoms with Gasteiger partial charge in [-0.2, -0.15) is 13.2 Å². The summed E-state index contributed by atoms with van der Waals surface area (Å²) < 4.78 is 40.1. The van der Waals surface area contributed by atoms with E-state index in [-0.39, 0.29) is 16.9 Å². The Hall–Kier alpha value is -1.79. The molecule has 1 aromatic heterocycles. The van der Waals surface area contributed by atoms with E-state index in [9.17, 15) is 18.0 Å². The summed E-state index contributed by atoms with van der Waals surface area (Å²) in [7, 11) is 0. The average Bonchev–Trinajstić information content (AvgIpc) is 2.14. The Morgan fingerprint density at radius 3 is 2.62 bits per heavy atom. The van der Waals surface area contributed by atoms with Crippen molar-refractivity contribution in [3.8, 4) is 5.75 Å². The van der Waals surface area contributed by atoms with Crippen molar-refractivity contribution < 1.29 is 27.8 Å². The van der Waals surface area contributed by atoms with Crippen LogP contribution in [0.15, 0.2) is 12.4 Å². The molecule has 0 saturated carbocycles. The van der Waals surface area contributed by atoms with E-state index in [2.05, 4.69) is 9.72 Å². The van der Waals surface area contributed by atoms with Gasteiger partial charge in [-0.05, 0) is 6.92 Å². The largest absolute Gasteiger partial charge is 0.482 e. The molecule has 0 saturated heterocycles. The van der Waals surface area contributed by atoms with Crippen molar-refractivity contribution in [3.63, 3.8) is 0 Å². The van der Waals surface area contributed by atoms with Gasteiger partial charge in [0.05, 0.1) is 11.8 Å². The second-order valence-electron chi connectivity index (χ2n) is 3.02. The number of rotatable bonds is 3. The van der Waals surface area contributed by atoms with Crippen LogP contribution < -0.4 is 4.74 Å². The summed E-state index contributed by atoms with van der Waals surface area (Å²) in [4.78, 5) is 14.2. The molecular weight excluding hydrogens is 227 g/mol. The molecule has 4 nitrogen and oxygen atoms in total. The van der Waals surface area contributed by atoms with Gasteiger partial charge in [0.2, 0.25) is 0 Å². The number of aromatic carboxylic acids is 1. The van der Waals surface area contributed by atoms with E-state index in [1.54, 1.807) is 0 Å². The summed E-state index contributed by atoms with van der Waals surface area (Å²) in [5.41, 5.74) is -0.0635. The molecule has 0 bridgehead atoms. The molecule has 0 atom stereocenters. The Balaban J connectivity index is 2.90. The Morgan fingerprint density at radius 2 is 2.12 bits per heavy atom. The molecule has 1 aromatic rings. The lowest BCUT2D eigenvalue weighted by atomic mass is 10.1. The van der Waals surface area contributed by atoms with E-state index < -0.39 is 18.8 Å². The molecular formula is C9H8F3NO3. The Morgan fingerprint density at radius 1 is 1.50 bits per heavy atom. The van der Waals surface area contributed by atoms with Gasteiger partial charge in [0, 0.05) is 11.8 Å². The van der Waals surface area contributed by atoms with Gasteiger partial charge in [0.15, 0.2) is 6.61 Å². The quantitative estimate of drug-likeness (QED) is 0.870. The third-order valence-electron chi connectivity index (χ3n) is 1.79. The zero-order valence-corrected chi connectivity index (χ0v) is 8.21. The standard InChI is InChI=1S/C9H8F3NO3/c1-5-6(8(14)15)2-13-3-7(5)16-4-9(10,11)12/h2-3H,4H2,1H3,(H,14,15). The molecule has 0 aliphatic heterocycles. The van der Waals surface area contributed by atoms with E-state index in [4.69, 9.17) is 5.11 Å². The fourth-order valence-electron chi connectivity index (χ4n) is 1.03. The van der Waals surface area contributed by atoms with E-state index in [0.717, 1.165) is 12.4 Å². The van der Waals surface area contributed by atoms with E-state index in [1.165, 1.54) is 6.92 Å². The number of aromatic nitrogens is 1. The fraction of sp³-hybridized carbons (Fsp3) is 0.333. The molecule has 1 rings (SSSR count). The van der Waals surface area contributed by atoms with Gasteiger partial charge in [-0.25, -0.2) is 4.79 Å². The van der Waals surface area contributed by atoms with Crippen molar-refractivity contribution in [2.75, 3.05) is 6.61 Å². The number of nitrogens with zero attached hydrogens (tertiary/aromatic N) is 1. The molecule has 0 unspecified atom stereocenters. The van der Waals surface area contributed by atoms with Crippen LogP contribution in [0, 0.1) is 6.92 Å². The summed E-state index contributed by atoms with van der Waals surface area (Å²) in [5, 5.41) is 8.70. The molecule has 88 valence electrons. The van der Waals surface area contributed by atoms with Gasteiger partial charge in [0.25, 0.3) is 0 Å². The van der Waals surface area contributed by atoms with Gasteiger partial charge in [-0.3, -0.25) is 4.98 Å². The number of pyridine rings is 1. The Kier molecular flexibility index (Phi) is 3.36. The van der Waals surface area contributed by atoms with Crippen LogP contribution in [0.2, 0.25) is 0 Å². The summed E-state index contributed by atoms with van der Waals surface area (Å²) in [6.45, 7) is -0.116. The van der Waals surface area contributed by atoms with Crippen molar-refractivity contribution in [2.45, 2.75) is 13.1 Å². The predicted molar refractivity (Wildman–Crippen MR) is 47.5 cm³/mol. The molecule has 1 N–H and O–H groups in total. The maximum absolute atomic E-state index is 11.9. The third kappa shape index (κ3) is 3.11. The second kappa shape index (κ2) is 4.38. The molecule has 0 fully saturated rings. The highest BCUT2D eigenvalue weighted by Gasteiger charge is 2.29. The van der Waals surface area contributed by atoms with Crippen LogP contribution in [-0.4, -0.2) is 28.8 Å².